The molecule has 0 aliphatic heterocycles. The Morgan fingerprint density at radius 2 is 2.04 bits per heavy atom. The Morgan fingerprint density at radius 3 is 2.79 bits per heavy atom. The first-order chi connectivity index (χ1) is 11.7. The lowest BCUT2D eigenvalue weighted by molar-refractivity contribution is 1.02. The van der Waals surface area contributed by atoms with Crippen LogP contribution in [0.1, 0.15) is 17.0 Å². The van der Waals surface area contributed by atoms with E-state index in [0.29, 0.717) is 11.6 Å². The van der Waals surface area contributed by atoms with Crippen LogP contribution in [0.25, 0.3) is 11.0 Å². The molecule has 0 radical (unpaired) electrons. The van der Waals surface area contributed by atoms with E-state index in [1.807, 2.05) is 31.2 Å². The molecule has 0 bridgehead atoms. The second-order valence-electron chi connectivity index (χ2n) is 5.35. The molecule has 24 heavy (non-hydrogen) atoms. The largest absolute Gasteiger partial charge is 0.323 e. The van der Waals surface area contributed by atoms with Gasteiger partial charge in [0.1, 0.15) is 5.82 Å². The maximum Gasteiger partial charge on any atom is 0.154 e. The minimum atomic E-state index is -0.201. The van der Waals surface area contributed by atoms with Crippen molar-refractivity contribution in [1.82, 2.24) is 20.2 Å². The second-order valence-corrected chi connectivity index (χ2v) is 5.35. The summed E-state index contributed by atoms with van der Waals surface area (Å²) < 4.78 is 0. The van der Waals surface area contributed by atoms with Gasteiger partial charge in [0.25, 0.3) is 0 Å². The summed E-state index contributed by atoms with van der Waals surface area (Å²) in [7, 11) is 1.69. The molecule has 0 aliphatic carbocycles. The Kier molecular flexibility index (Phi) is 4.51. The van der Waals surface area contributed by atoms with Gasteiger partial charge in [-0.1, -0.05) is 0 Å². The highest BCUT2D eigenvalue weighted by molar-refractivity contribution is 5.90. The summed E-state index contributed by atoms with van der Waals surface area (Å²) in [4.78, 5) is 13.0. The zero-order chi connectivity index (χ0) is 16.9. The molecule has 0 saturated heterocycles. The molecule has 0 amide bonds. The van der Waals surface area contributed by atoms with Gasteiger partial charge in [-0.2, -0.15) is 5.10 Å². The zero-order valence-corrected chi connectivity index (χ0v) is 13.4. The predicted molar refractivity (Wildman–Crippen MR) is 95.5 cm³/mol. The molecule has 0 fully saturated rings. The van der Waals surface area contributed by atoms with Crippen LogP contribution in [-0.2, 0) is 0 Å². The van der Waals surface area contributed by atoms with Crippen LogP contribution >= 0.6 is 0 Å². The van der Waals surface area contributed by atoms with Crippen molar-refractivity contribution < 1.29 is 0 Å². The Labute approximate surface area is 139 Å². The van der Waals surface area contributed by atoms with Crippen LogP contribution in [0.2, 0.25) is 0 Å². The molecule has 0 spiro atoms. The van der Waals surface area contributed by atoms with Gasteiger partial charge in [-0.25, -0.2) is 4.98 Å². The number of anilines is 2. The third kappa shape index (κ3) is 3.40. The lowest BCUT2D eigenvalue weighted by atomic mass is 10.0. The number of rotatable bonds is 5. The van der Waals surface area contributed by atoms with E-state index < -0.39 is 0 Å². The molecule has 3 aromatic rings. The number of nitrogens with one attached hydrogen (secondary N) is 2. The predicted octanol–water partition coefficient (Wildman–Crippen LogP) is 2.91. The minimum Gasteiger partial charge on any atom is -0.323 e. The van der Waals surface area contributed by atoms with E-state index in [0.717, 1.165) is 22.2 Å². The number of aliphatic imine (C=N–C) groups is 1. The van der Waals surface area contributed by atoms with Gasteiger partial charge in [0, 0.05) is 25.7 Å². The van der Waals surface area contributed by atoms with Crippen LogP contribution in [0.5, 0.6) is 0 Å². The van der Waals surface area contributed by atoms with Crippen molar-refractivity contribution >= 4 is 35.1 Å². The second kappa shape index (κ2) is 6.91. The topological polar surface area (TPSA) is 99.8 Å². The van der Waals surface area contributed by atoms with Crippen molar-refractivity contribution in [2.24, 2.45) is 4.99 Å². The van der Waals surface area contributed by atoms with Crippen LogP contribution in [0.3, 0.4) is 0 Å². The van der Waals surface area contributed by atoms with E-state index in [1.54, 1.807) is 25.7 Å². The maximum absolute atomic E-state index is 7.53. The molecule has 3 heterocycles. The smallest absolute Gasteiger partial charge is 0.154 e. The number of hydrogen-bond donors (Lipinski definition) is 2. The van der Waals surface area contributed by atoms with Crippen LogP contribution in [0.15, 0.2) is 41.7 Å². The first kappa shape index (κ1) is 15.7. The van der Waals surface area contributed by atoms with Gasteiger partial charge in [0.2, 0.25) is 0 Å². The number of aromatic nitrogens is 4. The zero-order valence-electron chi connectivity index (χ0n) is 13.4. The monoisotopic (exact) mass is 319 g/mol. The molecular formula is C17H17N7. The SMILES string of the molecule is CN=CC(C=N)c1cnc2ccc(Nc3cc(C)cnn3)nc2c1. The van der Waals surface area contributed by atoms with Crippen molar-refractivity contribution in [2.45, 2.75) is 12.8 Å². The fraction of sp³-hybridized carbons (Fsp3) is 0.176. The molecule has 0 aliphatic rings. The molecule has 7 heteroatoms. The summed E-state index contributed by atoms with van der Waals surface area (Å²) in [6.07, 6.45) is 6.49. The van der Waals surface area contributed by atoms with Gasteiger partial charge >= 0.3 is 0 Å². The molecular weight excluding hydrogens is 302 g/mol. The fourth-order valence-corrected chi connectivity index (χ4v) is 2.32. The van der Waals surface area contributed by atoms with Gasteiger partial charge in [-0.05, 0) is 42.3 Å². The van der Waals surface area contributed by atoms with Gasteiger partial charge < -0.3 is 10.7 Å². The number of pyridine rings is 2. The maximum atomic E-state index is 7.53. The summed E-state index contributed by atoms with van der Waals surface area (Å²) in [5.74, 6) is 1.10. The molecule has 120 valence electrons. The normalized spacial score (nSPS) is 12.4. The Bertz CT molecular complexity index is 904. The van der Waals surface area contributed by atoms with Crippen LogP contribution in [-0.4, -0.2) is 39.6 Å². The van der Waals surface area contributed by atoms with E-state index in [4.69, 9.17) is 5.41 Å². The standard InChI is InChI=1S/C17H17N7/c1-11-5-17(24-21-8-11)23-16-4-3-14-15(22-16)6-12(10-20-14)13(7-18)9-19-2/h3-10,13,18H,1-2H3,(H,22,23,24). The molecule has 1 atom stereocenters. The summed E-state index contributed by atoms with van der Waals surface area (Å²) in [6, 6.07) is 7.56. The molecule has 0 saturated carbocycles. The van der Waals surface area contributed by atoms with Gasteiger partial charge in [-0.3, -0.25) is 9.98 Å². The third-order valence-electron chi connectivity index (χ3n) is 3.48. The third-order valence-corrected chi connectivity index (χ3v) is 3.48. The first-order valence-corrected chi connectivity index (χ1v) is 7.45. The summed E-state index contributed by atoms with van der Waals surface area (Å²) in [5, 5.41) is 18.6. The van der Waals surface area contributed by atoms with E-state index in [-0.39, 0.29) is 5.92 Å². The van der Waals surface area contributed by atoms with Crippen molar-refractivity contribution in [3.8, 4) is 0 Å². The molecule has 1 unspecified atom stereocenters. The average Bonchev–Trinajstić information content (AvgIpc) is 2.59. The molecule has 2 N–H and O–H groups in total. The van der Waals surface area contributed by atoms with Crippen molar-refractivity contribution in [2.75, 3.05) is 12.4 Å². The average molecular weight is 319 g/mol. The van der Waals surface area contributed by atoms with Gasteiger partial charge in [0.15, 0.2) is 5.82 Å². The minimum absolute atomic E-state index is 0.201. The van der Waals surface area contributed by atoms with E-state index in [1.165, 1.54) is 6.21 Å². The number of hydrogen-bond acceptors (Lipinski definition) is 7. The van der Waals surface area contributed by atoms with E-state index in [2.05, 4.69) is 30.5 Å². The molecule has 0 aromatic carbocycles. The quantitative estimate of drug-likeness (QED) is 0.704. The highest BCUT2D eigenvalue weighted by Crippen LogP contribution is 2.20. The molecule has 7 nitrogen and oxygen atoms in total. The molecule has 3 rings (SSSR count). The van der Waals surface area contributed by atoms with Crippen molar-refractivity contribution in [3.63, 3.8) is 0 Å². The van der Waals surface area contributed by atoms with Gasteiger partial charge in [-0.15, -0.1) is 5.10 Å². The first-order valence-electron chi connectivity index (χ1n) is 7.45. The van der Waals surface area contributed by atoms with Crippen LogP contribution in [0.4, 0.5) is 11.6 Å². The summed E-state index contributed by atoms with van der Waals surface area (Å²) in [6.45, 7) is 1.96. The fourth-order valence-electron chi connectivity index (χ4n) is 2.32. The van der Waals surface area contributed by atoms with Crippen molar-refractivity contribution in [3.05, 3.63) is 47.8 Å². The summed E-state index contributed by atoms with van der Waals surface area (Å²) in [5.41, 5.74) is 3.43. The highest BCUT2D eigenvalue weighted by Gasteiger charge is 2.09. The number of fused-ring (bicyclic) bond motifs is 1. The van der Waals surface area contributed by atoms with Gasteiger partial charge in [0.05, 0.1) is 23.1 Å². The number of nitrogens with zero attached hydrogens (tertiary/aromatic N) is 5. The Hall–Kier alpha value is -3.22. The lowest BCUT2D eigenvalue weighted by Crippen LogP contribution is -2.03. The van der Waals surface area contributed by atoms with E-state index >= 15 is 0 Å². The van der Waals surface area contributed by atoms with Crippen molar-refractivity contribution in [1.29, 1.82) is 5.41 Å². The highest BCUT2D eigenvalue weighted by atomic mass is 15.2. The Balaban J connectivity index is 1.95. The Morgan fingerprint density at radius 1 is 1.17 bits per heavy atom. The van der Waals surface area contributed by atoms with Crippen LogP contribution < -0.4 is 5.32 Å². The van der Waals surface area contributed by atoms with Crippen LogP contribution in [0, 0.1) is 12.3 Å². The lowest BCUT2D eigenvalue weighted by Gasteiger charge is -2.09. The summed E-state index contributed by atoms with van der Waals surface area (Å²) >= 11 is 0. The molecule has 3 aromatic heterocycles. The van der Waals surface area contributed by atoms with E-state index in [9.17, 15) is 0 Å². The number of aryl methyl sites for hydroxylation is 1.